The summed E-state index contributed by atoms with van der Waals surface area (Å²) in [6.07, 6.45) is 2.24. The molecule has 1 aromatic carbocycles. The highest BCUT2D eigenvalue weighted by molar-refractivity contribution is 7.98. The second kappa shape index (κ2) is 9.68. The number of anilines is 1. The fourth-order valence-electron chi connectivity index (χ4n) is 2.48. The van der Waals surface area contributed by atoms with Crippen molar-refractivity contribution in [3.63, 3.8) is 0 Å². The lowest BCUT2D eigenvalue weighted by Gasteiger charge is -2.18. The van der Waals surface area contributed by atoms with Gasteiger partial charge in [0.2, 0.25) is 10.0 Å². The molecule has 12 N–H and O–H groups in total. The van der Waals surface area contributed by atoms with Crippen molar-refractivity contribution in [3.8, 4) is 11.1 Å². The summed E-state index contributed by atoms with van der Waals surface area (Å²) in [5.74, 6) is 5.25. The first-order chi connectivity index (χ1) is 13.3. The lowest BCUT2D eigenvalue weighted by molar-refractivity contribution is 0.595. The molecule has 0 aliphatic heterocycles. The molecule has 11 nitrogen and oxygen atoms in total. The van der Waals surface area contributed by atoms with Crippen molar-refractivity contribution in [2.75, 3.05) is 18.8 Å². The minimum Gasteiger partial charge on any atom is -0.383 e. The summed E-state index contributed by atoms with van der Waals surface area (Å²) < 4.78 is 27.9. The molecule has 1 heterocycles. The van der Waals surface area contributed by atoms with E-state index in [0.717, 1.165) is 18.4 Å². The second-order valence-corrected chi connectivity index (χ2v) is 7.99. The Morgan fingerprint density at radius 1 is 1.25 bits per heavy atom. The summed E-state index contributed by atoms with van der Waals surface area (Å²) in [5.41, 5.74) is 20.5. The average Bonchev–Trinajstić information content (AvgIpc) is 2.64. The molecule has 0 spiro atoms. The number of sulfonamides is 1. The molecule has 13 heteroatoms. The summed E-state index contributed by atoms with van der Waals surface area (Å²) >= 11 is 1.10. The minimum atomic E-state index is -4.19. The van der Waals surface area contributed by atoms with E-state index in [-0.39, 0.29) is 22.1 Å². The molecule has 2 rings (SSSR count). The summed E-state index contributed by atoms with van der Waals surface area (Å²) in [6.45, 7) is 1.08. The van der Waals surface area contributed by atoms with Gasteiger partial charge in [-0.1, -0.05) is 6.07 Å². The number of pyridine rings is 1. The molecule has 2 aromatic rings. The van der Waals surface area contributed by atoms with Gasteiger partial charge in [0.05, 0.1) is 0 Å². The molecule has 28 heavy (non-hydrogen) atoms. The largest absolute Gasteiger partial charge is 0.383 e. The van der Waals surface area contributed by atoms with Gasteiger partial charge in [-0.3, -0.25) is 4.72 Å². The Balaban J connectivity index is 2.75. The smallest absolute Gasteiger partial charge is 0.239 e. The van der Waals surface area contributed by atoms with Gasteiger partial charge >= 0.3 is 0 Å². The molecule has 0 fully saturated rings. The highest BCUT2D eigenvalue weighted by atomic mass is 32.2. The van der Waals surface area contributed by atoms with Gasteiger partial charge in [0, 0.05) is 28.8 Å². The van der Waals surface area contributed by atoms with Gasteiger partial charge in [-0.15, -0.1) is 5.10 Å². The van der Waals surface area contributed by atoms with Crippen LogP contribution in [0.4, 0.5) is 5.82 Å². The summed E-state index contributed by atoms with van der Waals surface area (Å²) in [4.78, 5) is 4.18. The number of primary sulfonamides is 1. The van der Waals surface area contributed by atoms with E-state index in [9.17, 15) is 8.42 Å². The molecule has 0 amide bonds. The van der Waals surface area contributed by atoms with Crippen LogP contribution in [0.5, 0.6) is 0 Å². The van der Waals surface area contributed by atoms with Crippen molar-refractivity contribution in [3.05, 3.63) is 36.0 Å². The normalized spacial score (nSPS) is 12.2. The van der Waals surface area contributed by atoms with Crippen LogP contribution in [-0.2, 0) is 10.0 Å². The number of nitrogens with zero attached hydrogens (tertiary/aromatic N) is 2. The third-order valence-corrected chi connectivity index (χ3v) is 5.67. The number of hydrazone groups is 1. The van der Waals surface area contributed by atoms with E-state index in [1.165, 1.54) is 6.20 Å². The van der Waals surface area contributed by atoms with E-state index in [1.807, 2.05) is 0 Å². The zero-order chi connectivity index (χ0) is 20.7. The fourth-order valence-corrected chi connectivity index (χ4v) is 4.53. The number of rotatable bonds is 9. The summed E-state index contributed by atoms with van der Waals surface area (Å²) in [7, 11) is -4.19. The van der Waals surface area contributed by atoms with Gasteiger partial charge in [0.15, 0.2) is 5.84 Å². The predicted octanol–water partition coefficient (Wildman–Crippen LogP) is -0.993. The van der Waals surface area contributed by atoms with Gasteiger partial charge in [-0.2, -0.15) is 0 Å². The number of amidine groups is 1. The highest BCUT2D eigenvalue weighted by Gasteiger charge is 2.26. The first-order valence-corrected chi connectivity index (χ1v) is 10.5. The fraction of sp³-hybridized carbons (Fsp3) is 0.200. The van der Waals surface area contributed by atoms with Crippen LogP contribution in [0.15, 0.2) is 45.4 Å². The van der Waals surface area contributed by atoms with E-state index in [4.69, 9.17) is 28.2 Å². The van der Waals surface area contributed by atoms with E-state index < -0.39 is 10.0 Å². The zero-order valence-corrected chi connectivity index (χ0v) is 16.6. The van der Waals surface area contributed by atoms with Gasteiger partial charge < -0.3 is 17.2 Å². The molecule has 0 bridgehead atoms. The van der Waals surface area contributed by atoms with E-state index in [1.54, 1.807) is 24.3 Å². The first-order valence-electron chi connectivity index (χ1n) is 8.10. The molecular formula is C15H23N9O2S2. The lowest BCUT2D eigenvalue weighted by Crippen LogP contribution is -2.27. The maximum Gasteiger partial charge on any atom is 0.239 e. The molecular weight excluding hydrogens is 402 g/mol. The molecule has 0 radical (unpaired) electrons. The van der Waals surface area contributed by atoms with Crippen molar-refractivity contribution in [1.82, 2.24) is 15.2 Å². The van der Waals surface area contributed by atoms with Crippen LogP contribution in [0.3, 0.4) is 0 Å². The van der Waals surface area contributed by atoms with Gasteiger partial charge in [-0.05, 0) is 48.7 Å². The number of benzene rings is 1. The maximum atomic E-state index is 12.4. The van der Waals surface area contributed by atoms with Crippen molar-refractivity contribution in [2.45, 2.75) is 16.2 Å². The number of nitrogens with one attached hydrogen (secondary N) is 2. The zero-order valence-electron chi connectivity index (χ0n) is 14.9. The highest BCUT2D eigenvalue weighted by Crippen LogP contribution is 2.36. The van der Waals surface area contributed by atoms with Crippen molar-refractivity contribution < 1.29 is 8.42 Å². The monoisotopic (exact) mass is 425 g/mol. The van der Waals surface area contributed by atoms with E-state index in [0.29, 0.717) is 29.1 Å². The molecule has 0 saturated heterocycles. The predicted molar refractivity (Wildman–Crippen MR) is 111 cm³/mol. The van der Waals surface area contributed by atoms with Crippen molar-refractivity contribution >= 4 is 33.6 Å². The average molecular weight is 426 g/mol. The van der Waals surface area contributed by atoms with Crippen molar-refractivity contribution in [1.29, 1.82) is 0 Å². The lowest BCUT2D eigenvalue weighted by atomic mass is 9.99. The second-order valence-electron chi connectivity index (χ2n) is 5.56. The van der Waals surface area contributed by atoms with Crippen LogP contribution in [-0.4, -0.2) is 32.3 Å². The number of aromatic nitrogens is 1. The number of nitrogens with two attached hydrogens (primary N) is 5. The Hall–Kier alpha value is -2.42. The third kappa shape index (κ3) is 5.09. The molecule has 0 unspecified atom stereocenters. The molecule has 0 atom stereocenters. The molecule has 0 aliphatic rings. The molecule has 1 aromatic heterocycles. The number of hydrazine groups is 1. The Morgan fingerprint density at radius 3 is 2.61 bits per heavy atom. The molecule has 152 valence electrons. The SMILES string of the molecule is NCCCNSc1ccc(-c2cccnc2N)c(/C(N)=N/NN)c1S(N)(=O)=O. The van der Waals surface area contributed by atoms with Crippen molar-refractivity contribution in [2.24, 2.45) is 27.6 Å². The van der Waals surface area contributed by atoms with Gasteiger partial charge in [0.1, 0.15) is 10.7 Å². The van der Waals surface area contributed by atoms with Gasteiger partial charge in [-0.25, -0.2) is 29.9 Å². The first kappa shape index (κ1) is 21.9. The van der Waals surface area contributed by atoms with Crippen LogP contribution in [0, 0.1) is 0 Å². The quantitative estimate of drug-likeness (QED) is 0.0650. The molecule has 0 aliphatic carbocycles. The summed E-state index contributed by atoms with van der Waals surface area (Å²) in [6, 6.07) is 6.62. The summed E-state index contributed by atoms with van der Waals surface area (Å²) in [5, 5.41) is 9.24. The molecule has 0 saturated carbocycles. The topological polar surface area (TPSA) is 214 Å². The Morgan fingerprint density at radius 2 is 2.00 bits per heavy atom. The van der Waals surface area contributed by atoms with Crippen LogP contribution >= 0.6 is 11.9 Å². The number of hydrogen-bond acceptors (Lipinski definition) is 10. The van der Waals surface area contributed by atoms with E-state index in [2.05, 4.69) is 20.3 Å². The van der Waals surface area contributed by atoms with Crippen LogP contribution < -0.4 is 38.4 Å². The Labute approximate surface area is 167 Å². The standard InChI is InChI=1S/C15H23N9O2S2/c16-6-2-8-22-27-11-5-4-9(10-3-1-7-21-14(10)17)12(15(18)23-24-19)13(11)28(20,25)26/h1,3-5,7,22,24H,2,6,8,16,19H2,(H2,17,21)(H2,18,23)(H2,20,25,26). The third-order valence-electron chi connectivity index (χ3n) is 3.64. The van der Waals surface area contributed by atoms with E-state index >= 15 is 0 Å². The van der Waals surface area contributed by atoms with Crippen LogP contribution in [0.2, 0.25) is 0 Å². The number of nitrogen functional groups attached to an aromatic ring is 1. The minimum absolute atomic E-state index is 0.0748. The number of hydrogen-bond donors (Lipinski definition) is 7. The van der Waals surface area contributed by atoms with Gasteiger partial charge in [0.25, 0.3) is 0 Å². The van der Waals surface area contributed by atoms with Crippen LogP contribution in [0.25, 0.3) is 11.1 Å². The Bertz CT molecular complexity index is 964. The van der Waals surface area contributed by atoms with Crippen LogP contribution in [0.1, 0.15) is 12.0 Å². The Kier molecular flexibility index (Phi) is 7.56. The maximum absolute atomic E-state index is 12.4.